The number of anilines is 1. The highest BCUT2D eigenvalue weighted by Gasteiger charge is 2.01. The predicted molar refractivity (Wildman–Crippen MR) is 80.6 cm³/mol. The van der Waals surface area contributed by atoms with Crippen LogP contribution in [0.2, 0.25) is 0 Å². The van der Waals surface area contributed by atoms with Crippen molar-refractivity contribution in [2.24, 2.45) is 0 Å². The Balaban J connectivity index is 1.91. The Bertz CT molecular complexity index is 656. The van der Waals surface area contributed by atoms with Crippen molar-refractivity contribution in [3.05, 3.63) is 66.1 Å². The molecule has 0 spiro atoms. The van der Waals surface area contributed by atoms with Gasteiger partial charge in [-0.2, -0.15) is 0 Å². The molecule has 0 aliphatic rings. The van der Waals surface area contributed by atoms with Crippen LogP contribution in [0.15, 0.2) is 54.7 Å². The lowest BCUT2D eigenvalue weighted by Gasteiger charge is -2.06. The Morgan fingerprint density at radius 1 is 1.19 bits per heavy atom. The molecule has 108 valence electrons. The monoisotopic (exact) mass is 286 g/mol. The van der Waals surface area contributed by atoms with E-state index in [4.69, 9.17) is 4.74 Å². The average molecular weight is 286 g/mol. The highest BCUT2D eigenvalue weighted by Crippen LogP contribution is 2.16. The summed E-state index contributed by atoms with van der Waals surface area (Å²) in [5, 5.41) is 5.15. The van der Waals surface area contributed by atoms with Crippen LogP contribution in [-0.2, 0) is 0 Å². The second-order valence-corrected chi connectivity index (χ2v) is 4.19. The number of hydrogen-bond donors (Lipinski definition) is 2. The summed E-state index contributed by atoms with van der Waals surface area (Å²) in [5.41, 5.74) is 1.00. The van der Waals surface area contributed by atoms with Gasteiger partial charge in [0.1, 0.15) is 11.6 Å². The van der Waals surface area contributed by atoms with Crippen LogP contribution in [0.4, 0.5) is 14.9 Å². The van der Waals surface area contributed by atoms with Gasteiger partial charge >= 0.3 is 6.03 Å². The van der Waals surface area contributed by atoms with Crippen LogP contribution in [0.25, 0.3) is 6.08 Å². The van der Waals surface area contributed by atoms with Gasteiger partial charge in [-0.3, -0.25) is 0 Å². The summed E-state index contributed by atoms with van der Waals surface area (Å²) in [6.45, 7) is 0. The van der Waals surface area contributed by atoms with E-state index in [9.17, 15) is 9.18 Å². The lowest BCUT2D eigenvalue weighted by molar-refractivity contribution is 0.255. The number of urea groups is 1. The number of rotatable bonds is 4. The normalized spacial score (nSPS) is 10.4. The molecule has 0 unspecified atom stereocenters. The number of carbonyl (C=O) groups excluding carboxylic acids is 1. The Morgan fingerprint density at radius 3 is 2.76 bits per heavy atom. The maximum atomic E-state index is 13.4. The van der Waals surface area contributed by atoms with Crippen LogP contribution in [0.5, 0.6) is 5.75 Å². The Labute approximate surface area is 122 Å². The standard InChI is InChI=1S/C16H15FN2O2/c1-21-14-7-4-6-13(11-14)19-16(20)18-10-9-12-5-2-3-8-15(12)17/h2-11H,1H3,(H2,18,19,20)/b10-9+. The van der Waals surface area contributed by atoms with Crippen LogP contribution >= 0.6 is 0 Å². The fraction of sp³-hybridized carbons (Fsp3) is 0.0625. The summed E-state index contributed by atoms with van der Waals surface area (Å²) in [7, 11) is 1.55. The fourth-order valence-corrected chi connectivity index (χ4v) is 1.69. The van der Waals surface area contributed by atoms with E-state index in [1.165, 1.54) is 18.3 Å². The van der Waals surface area contributed by atoms with Crippen molar-refractivity contribution in [2.75, 3.05) is 12.4 Å². The zero-order valence-corrected chi connectivity index (χ0v) is 11.5. The van der Waals surface area contributed by atoms with Crippen molar-refractivity contribution in [2.45, 2.75) is 0 Å². The highest BCUT2D eigenvalue weighted by atomic mass is 19.1. The number of hydrogen-bond acceptors (Lipinski definition) is 2. The summed E-state index contributed by atoms with van der Waals surface area (Å²) in [6.07, 6.45) is 2.87. The molecule has 4 nitrogen and oxygen atoms in total. The second kappa shape index (κ2) is 7.09. The number of methoxy groups -OCH3 is 1. The molecular weight excluding hydrogens is 271 g/mol. The van der Waals surface area contributed by atoms with Crippen LogP contribution < -0.4 is 15.4 Å². The van der Waals surface area contributed by atoms with E-state index in [1.54, 1.807) is 49.6 Å². The van der Waals surface area contributed by atoms with Gasteiger partial charge in [-0.25, -0.2) is 9.18 Å². The highest BCUT2D eigenvalue weighted by molar-refractivity contribution is 5.90. The van der Waals surface area contributed by atoms with Gasteiger partial charge in [-0.05, 0) is 24.3 Å². The third kappa shape index (κ3) is 4.35. The maximum Gasteiger partial charge on any atom is 0.323 e. The number of nitrogens with one attached hydrogen (secondary N) is 2. The molecule has 0 saturated carbocycles. The van der Waals surface area contributed by atoms with Crippen molar-refractivity contribution >= 4 is 17.8 Å². The molecule has 0 aromatic heterocycles. The molecular formula is C16H15FN2O2. The minimum atomic E-state index is -0.421. The number of amides is 2. The summed E-state index contributed by atoms with van der Waals surface area (Å²) in [4.78, 5) is 11.7. The first-order valence-electron chi connectivity index (χ1n) is 6.31. The van der Waals surface area contributed by atoms with Gasteiger partial charge in [0.25, 0.3) is 0 Å². The average Bonchev–Trinajstić information content (AvgIpc) is 2.49. The van der Waals surface area contributed by atoms with Crippen molar-refractivity contribution in [3.63, 3.8) is 0 Å². The first-order chi connectivity index (χ1) is 10.2. The number of carbonyl (C=O) groups is 1. The minimum absolute atomic E-state index is 0.344. The number of ether oxygens (including phenoxy) is 1. The van der Waals surface area contributed by atoms with Crippen LogP contribution in [-0.4, -0.2) is 13.1 Å². The topological polar surface area (TPSA) is 50.4 Å². The lowest BCUT2D eigenvalue weighted by Crippen LogP contribution is -2.23. The van der Waals surface area contributed by atoms with E-state index in [1.807, 2.05) is 0 Å². The Hall–Kier alpha value is -2.82. The lowest BCUT2D eigenvalue weighted by atomic mass is 10.2. The Kier molecular flexibility index (Phi) is 4.93. The van der Waals surface area contributed by atoms with Gasteiger partial charge in [0.2, 0.25) is 0 Å². The molecule has 0 aliphatic carbocycles. The maximum absolute atomic E-state index is 13.4. The first-order valence-corrected chi connectivity index (χ1v) is 6.31. The van der Waals surface area contributed by atoms with E-state index < -0.39 is 6.03 Å². The molecule has 2 aromatic rings. The van der Waals surface area contributed by atoms with Crippen molar-refractivity contribution in [1.29, 1.82) is 0 Å². The van der Waals surface area contributed by atoms with E-state index in [0.29, 0.717) is 17.0 Å². The first kappa shape index (κ1) is 14.6. The zero-order chi connectivity index (χ0) is 15.1. The molecule has 21 heavy (non-hydrogen) atoms. The molecule has 2 aromatic carbocycles. The molecule has 0 heterocycles. The molecule has 2 rings (SSSR count). The van der Waals surface area contributed by atoms with Crippen molar-refractivity contribution < 1.29 is 13.9 Å². The molecule has 2 N–H and O–H groups in total. The SMILES string of the molecule is COc1cccc(NC(=O)N/C=C/c2ccccc2F)c1. The van der Waals surface area contributed by atoms with E-state index in [0.717, 1.165) is 0 Å². The zero-order valence-electron chi connectivity index (χ0n) is 11.5. The van der Waals surface area contributed by atoms with Crippen molar-refractivity contribution in [1.82, 2.24) is 5.32 Å². The van der Waals surface area contributed by atoms with Gasteiger partial charge < -0.3 is 15.4 Å². The fourth-order valence-electron chi connectivity index (χ4n) is 1.69. The van der Waals surface area contributed by atoms with Gasteiger partial charge in [-0.1, -0.05) is 24.3 Å². The molecule has 5 heteroatoms. The van der Waals surface area contributed by atoms with E-state index in [-0.39, 0.29) is 5.82 Å². The van der Waals surface area contributed by atoms with Gasteiger partial charge in [-0.15, -0.1) is 0 Å². The molecule has 0 radical (unpaired) electrons. The summed E-state index contributed by atoms with van der Waals surface area (Å²) < 4.78 is 18.4. The molecule has 0 aliphatic heterocycles. The third-order valence-electron chi connectivity index (χ3n) is 2.71. The van der Waals surface area contributed by atoms with E-state index in [2.05, 4.69) is 10.6 Å². The molecule has 0 bridgehead atoms. The minimum Gasteiger partial charge on any atom is -0.497 e. The van der Waals surface area contributed by atoms with Crippen LogP contribution in [0, 0.1) is 5.82 Å². The molecule has 0 saturated heterocycles. The second-order valence-electron chi connectivity index (χ2n) is 4.19. The van der Waals surface area contributed by atoms with Crippen LogP contribution in [0.3, 0.4) is 0 Å². The molecule has 0 atom stereocenters. The summed E-state index contributed by atoms with van der Waals surface area (Å²) in [5.74, 6) is 0.304. The Morgan fingerprint density at radius 2 is 2.00 bits per heavy atom. The van der Waals surface area contributed by atoms with Gasteiger partial charge in [0.15, 0.2) is 0 Å². The van der Waals surface area contributed by atoms with E-state index >= 15 is 0 Å². The quantitative estimate of drug-likeness (QED) is 0.901. The largest absolute Gasteiger partial charge is 0.497 e. The smallest absolute Gasteiger partial charge is 0.323 e. The van der Waals surface area contributed by atoms with Gasteiger partial charge in [0, 0.05) is 23.5 Å². The number of benzene rings is 2. The van der Waals surface area contributed by atoms with Crippen LogP contribution in [0.1, 0.15) is 5.56 Å². The third-order valence-corrected chi connectivity index (χ3v) is 2.71. The summed E-state index contributed by atoms with van der Waals surface area (Å²) in [6, 6.07) is 12.9. The predicted octanol–water partition coefficient (Wildman–Crippen LogP) is 3.63. The molecule has 0 fully saturated rings. The van der Waals surface area contributed by atoms with Crippen molar-refractivity contribution in [3.8, 4) is 5.75 Å². The van der Waals surface area contributed by atoms with Gasteiger partial charge in [0.05, 0.1) is 7.11 Å². The number of halogens is 1. The summed E-state index contributed by atoms with van der Waals surface area (Å²) >= 11 is 0. The molecule has 2 amide bonds.